The maximum Gasteiger partial charge on any atom is 0.238 e. The van der Waals surface area contributed by atoms with E-state index in [2.05, 4.69) is 25.6 Å². The summed E-state index contributed by atoms with van der Waals surface area (Å²) < 4.78 is 5.88. The van der Waals surface area contributed by atoms with Gasteiger partial charge in [-0.1, -0.05) is 19.1 Å². The highest BCUT2D eigenvalue weighted by Crippen LogP contribution is 2.31. The number of ether oxygens (including phenoxy) is 1. The Kier molecular flexibility index (Phi) is 6.81. The molecule has 1 amide bonds. The molecule has 0 saturated heterocycles. The lowest BCUT2D eigenvalue weighted by atomic mass is 10.0. The van der Waals surface area contributed by atoms with Gasteiger partial charge in [-0.15, -0.1) is 0 Å². The van der Waals surface area contributed by atoms with Crippen molar-refractivity contribution in [3.8, 4) is 16.9 Å². The minimum absolute atomic E-state index is 0.0682. The van der Waals surface area contributed by atoms with Gasteiger partial charge in [-0.25, -0.2) is 9.97 Å². The van der Waals surface area contributed by atoms with Crippen LogP contribution in [0.15, 0.2) is 55.1 Å². The van der Waals surface area contributed by atoms with Crippen LogP contribution in [0.4, 0.5) is 5.69 Å². The Hall–Kier alpha value is -3.65. The first-order valence-electron chi connectivity index (χ1n) is 10.7. The maximum absolute atomic E-state index is 12.5. The normalized spacial score (nSPS) is 12.9. The molecule has 0 spiro atoms. The van der Waals surface area contributed by atoms with E-state index < -0.39 is 0 Å². The fourth-order valence-electron chi connectivity index (χ4n) is 3.16. The van der Waals surface area contributed by atoms with E-state index in [-0.39, 0.29) is 23.9 Å². The number of pyridine rings is 1. The SMILES string of the molecule is CCC(=O)c1ncc(-c2cccc(OC3CC3)c2)cc1NC(=O)CNCc1ccncn1. The van der Waals surface area contributed by atoms with Gasteiger partial charge < -0.3 is 15.4 Å². The van der Waals surface area contributed by atoms with Gasteiger partial charge in [-0.3, -0.25) is 14.6 Å². The van der Waals surface area contributed by atoms with Crippen molar-refractivity contribution in [1.82, 2.24) is 20.3 Å². The number of carbonyl (C=O) groups excluding carboxylic acids is 2. The lowest BCUT2D eigenvalue weighted by Gasteiger charge is -2.13. The second-order valence-corrected chi connectivity index (χ2v) is 7.59. The van der Waals surface area contributed by atoms with E-state index in [4.69, 9.17) is 4.74 Å². The summed E-state index contributed by atoms with van der Waals surface area (Å²) in [4.78, 5) is 37.3. The van der Waals surface area contributed by atoms with Gasteiger partial charge in [0.2, 0.25) is 5.91 Å². The van der Waals surface area contributed by atoms with E-state index in [1.165, 1.54) is 6.33 Å². The molecule has 8 heteroatoms. The molecule has 1 aliphatic rings. The Balaban J connectivity index is 1.49. The van der Waals surface area contributed by atoms with E-state index in [0.29, 0.717) is 24.8 Å². The van der Waals surface area contributed by atoms with Crippen molar-refractivity contribution in [1.29, 1.82) is 0 Å². The zero-order valence-electron chi connectivity index (χ0n) is 17.9. The van der Waals surface area contributed by atoms with Crippen LogP contribution in [0.2, 0.25) is 0 Å². The van der Waals surface area contributed by atoms with Crippen molar-refractivity contribution >= 4 is 17.4 Å². The van der Waals surface area contributed by atoms with Crippen molar-refractivity contribution in [2.45, 2.75) is 38.8 Å². The monoisotopic (exact) mass is 431 g/mol. The van der Waals surface area contributed by atoms with Gasteiger partial charge in [-0.05, 0) is 42.7 Å². The summed E-state index contributed by atoms with van der Waals surface area (Å²) in [5.74, 6) is 0.402. The number of nitrogens with zero attached hydrogens (tertiary/aromatic N) is 3. The predicted octanol–water partition coefficient (Wildman–Crippen LogP) is 3.40. The molecule has 2 aromatic heterocycles. The van der Waals surface area contributed by atoms with Crippen molar-refractivity contribution in [3.63, 3.8) is 0 Å². The van der Waals surface area contributed by atoms with Crippen molar-refractivity contribution in [2.24, 2.45) is 0 Å². The lowest BCUT2D eigenvalue weighted by molar-refractivity contribution is -0.115. The van der Waals surface area contributed by atoms with Crippen LogP contribution in [-0.2, 0) is 11.3 Å². The number of anilines is 1. The van der Waals surface area contributed by atoms with E-state index in [1.807, 2.05) is 24.3 Å². The molecule has 0 bridgehead atoms. The van der Waals surface area contributed by atoms with Crippen LogP contribution in [0.25, 0.3) is 11.1 Å². The zero-order chi connectivity index (χ0) is 22.3. The second kappa shape index (κ2) is 10.1. The van der Waals surface area contributed by atoms with Gasteiger partial charge in [0.05, 0.1) is 24.0 Å². The average Bonchev–Trinajstić information content (AvgIpc) is 3.63. The van der Waals surface area contributed by atoms with Crippen LogP contribution >= 0.6 is 0 Å². The molecule has 1 aliphatic carbocycles. The van der Waals surface area contributed by atoms with Crippen LogP contribution < -0.4 is 15.4 Å². The molecule has 1 aromatic carbocycles. The summed E-state index contributed by atoms with van der Waals surface area (Å²) in [5.41, 5.74) is 3.14. The summed E-state index contributed by atoms with van der Waals surface area (Å²) in [6.07, 6.45) is 7.53. The van der Waals surface area contributed by atoms with Crippen molar-refractivity contribution < 1.29 is 14.3 Å². The molecular formula is C24H25N5O3. The number of rotatable bonds is 10. The third kappa shape index (κ3) is 5.73. The smallest absolute Gasteiger partial charge is 0.238 e. The third-order valence-corrected chi connectivity index (χ3v) is 4.98. The summed E-state index contributed by atoms with van der Waals surface area (Å²) in [6.45, 7) is 2.27. The topological polar surface area (TPSA) is 106 Å². The quantitative estimate of drug-likeness (QED) is 0.474. The molecule has 2 N–H and O–H groups in total. The molecule has 0 unspecified atom stereocenters. The molecular weight excluding hydrogens is 406 g/mol. The van der Waals surface area contributed by atoms with Crippen molar-refractivity contribution in [2.75, 3.05) is 11.9 Å². The van der Waals surface area contributed by atoms with Crippen LogP contribution in [0.1, 0.15) is 42.4 Å². The maximum atomic E-state index is 12.5. The highest BCUT2D eigenvalue weighted by molar-refractivity contribution is 6.04. The largest absolute Gasteiger partial charge is 0.490 e. The number of hydrogen-bond donors (Lipinski definition) is 2. The first kappa shape index (κ1) is 21.6. The first-order valence-corrected chi connectivity index (χ1v) is 10.7. The van der Waals surface area contributed by atoms with Crippen LogP contribution in [-0.4, -0.2) is 39.3 Å². The molecule has 1 fully saturated rings. The van der Waals surface area contributed by atoms with Crippen LogP contribution in [0.3, 0.4) is 0 Å². The number of benzene rings is 1. The van der Waals surface area contributed by atoms with E-state index in [0.717, 1.165) is 35.4 Å². The van der Waals surface area contributed by atoms with Gasteiger partial charge >= 0.3 is 0 Å². The highest BCUT2D eigenvalue weighted by Gasteiger charge is 2.23. The molecule has 8 nitrogen and oxygen atoms in total. The summed E-state index contributed by atoms with van der Waals surface area (Å²) in [6, 6.07) is 11.3. The highest BCUT2D eigenvalue weighted by atomic mass is 16.5. The van der Waals surface area contributed by atoms with Gasteiger partial charge in [0, 0.05) is 30.9 Å². The van der Waals surface area contributed by atoms with Gasteiger partial charge in [0.1, 0.15) is 17.8 Å². The summed E-state index contributed by atoms with van der Waals surface area (Å²) in [5, 5.41) is 5.87. The first-order chi connectivity index (χ1) is 15.6. The zero-order valence-corrected chi connectivity index (χ0v) is 17.9. The Bertz CT molecular complexity index is 1100. The number of aromatic nitrogens is 3. The second-order valence-electron chi connectivity index (χ2n) is 7.59. The Morgan fingerprint density at radius 1 is 1.12 bits per heavy atom. The third-order valence-electron chi connectivity index (χ3n) is 4.98. The number of hydrogen-bond acceptors (Lipinski definition) is 7. The molecule has 2 heterocycles. The molecule has 32 heavy (non-hydrogen) atoms. The van der Waals surface area contributed by atoms with Gasteiger partial charge in [0.15, 0.2) is 5.78 Å². The number of carbonyl (C=O) groups is 2. The molecule has 3 aromatic rings. The number of Topliss-reactive ketones (excluding diaryl/α,β-unsaturated/α-hetero) is 1. The van der Waals surface area contributed by atoms with Gasteiger partial charge in [-0.2, -0.15) is 0 Å². The fraction of sp³-hybridized carbons (Fsp3) is 0.292. The average molecular weight is 431 g/mol. The minimum Gasteiger partial charge on any atom is -0.490 e. The number of amides is 1. The summed E-state index contributed by atoms with van der Waals surface area (Å²) in [7, 11) is 0. The standard InChI is InChI=1S/C24H25N5O3/c1-2-22(30)24-21(29-23(31)14-26-13-18-8-9-25-15-28-18)11-17(12-27-24)16-4-3-5-20(10-16)32-19-6-7-19/h3-5,8-12,15,19,26H,2,6-7,13-14H2,1H3,(H,29,31). The molecule has 0 radical (unpaired) electrons. The predicted molar refractivity (Wildman–Crippen MR) is 120 cm³/mol. The summed E-state index contributed by atoms with van der Waals surface area (Å²) >= 11 is 0. The van der Waals surface area contributed by atoms with Crippen LogP contribution in [0.5, 0.6) is 5.75 Å². The molecule has 0 atom stereocenters. The van der Waals surface area contributed by atoms with Gasteiger partial charge in [0.25, 0.3) is 0 Å². The molecule has 164 valence electrons. The molecule has 1 saturated carbocycles. The van der Waals surface area contributed by atoms with Crippen molar-refractivity contribution in [3.05, 3.63) is 66.5 Å². The Morgan fingerprint density at radius 3 is 2.75 bits per heavy atom. The molecule has 4 rings (SSSR count). The van der Waals surface area contributed by atoms with E-state index in [1.54, 1.807) is 31.5 Å². The lowest BCUT2D eigenvalue weighted by Crippen LogP contribution is -2.28. The molecule has 0 aliphatic heterocycles. The van der Waals surface area contributed by atoms with E-state index >= 15 is 0 Å². The van der Waals surface area contributed by atoms with E-state index in [9.17, 15) is 9.59 Å². The Morgan fingerprint density at radius 2 is 2.00 bits per heavy atom. The minimum atomic E-state index is -0.269. The van der Waals surface area contributed by atoms with Crippen LogP contribution in [0, 0.1) is 0 Å². The fourth-order valence-corrected chi connectivity index (χ4v) is 3.16. The number of nitrogens with one attached hydrogen (secondary N) is 2. The number of ketones is 1. The Labute approximate surface area is 186 Å².